The van der Waals surface area contributed by atoms with E-state index in [-0.39, 0.29) is 29.6 Å². The number of ether oxygens (including phenoxy) is 1. The normalized spacial score (nSPS) is 15.9. The van der Waals surface area contributed by atoms with Crippen molar-refractivity contribution < 1.29 is 26.7 Å². The molecule has 0 spiro atoms. The summed E-state index contributed by atoms with van der Waals surface area (Å²) >= 11 is 0. The van der Waals surface area contributed by atoms with Crippen LogP contribution in [0.4, 0.5) is 8.78 Å². The molecular weight excluding hydrogens is 426 g/mol. The summed E-state index contributed by atoms with van der Waals surface area (Å²) in [4.78, 5) is 14.4. The fourth-order valence-electron chi connectivity index (χ4n) is 3.25. The minimum Gasteiger partial charge on any atom is -0.435 e. The maximum Gasteiger partial charge on any atom is 0.387 e. The van der Waals surface area contributed by atoms with Crippen LogP contribution in [0, 0.1) is 6.92 Å². The average Bonchev–Trinajstić information content (AvgIpc) is 3.00. The number of rotatable bonds is 6. The first-order valence-corrected chi connectivity index (χ1v) is 11.3. The number of hydrogen-bond acceptors (Lipinski definition) is 4. The van der Waals surface area contributed by atoms with Gasteiger partial charge in [0.2, 0.25) is 15.9 Å². The van der Waals surface area contributed by atoms with Gasteiger partial charge in [0.05, 0.1) is 4.90 Å². The molecule has 166 valence electrons. The highest BCUT2D eigenvalue weighted by Gasteiger charge is 2.27. The molecule has 1 saturated heterocycles. The number of halogens is 2. The molecule has 9 heteroatoms. The van der Waals surface area contributed by atoms with Gasteiger partial charge in [0, 0.05) is 32.3 Å². The molecule has 2 aromatic rings. The number of aryl methyl sites for hydroxylation is 1. The van der Waals surface area contributed by atoms with Crippen molar-refractivity contribution in [2.24, 2.45) is 0 Å². The SMILES string of the molecule is Cc1ccc(S(=O)(=O)N2CCCN(C(=O)C=Cc3ccc(OC(F)F)cc3)CC2)cc1. The summed E-state index contributed by atoms with van der Waals surface area (Å²) in [7, 11) is -3.61. The lowest BCUT2D eigenvalue weighted by Crippen LogP contribution is -2.36. The summed E-state index contributed by atoms with van der Waals surface area (Å²) in [5.74, 6) is -0.191. The van der Waals surface area contributed by atoms with Gasteiger partial charge >= 0.3 is 6.61 Å². The molecule has 2 aromatic carbocycles. The molecule has 1 heterocycles. The minimum atomic E-state index is -3.61. The Kier molecular flexibility index (Phi) is 7.40. The second-order valence-electron chi connectivity index (χ2n) is 7.18. The highest BCUT2D eigenvalue weighted by molar-refractivity contribution is 7.89. The van der Waals surface area contributed by atoms with Gasteiger partial charge in [-0.2, -0.15) is 13.1 Å². The zero-order valence-corrected chi connectivity index (χ0v) is 17.9. The predicted molar refractivity (Wildman–Crippen MR) is 113 cm³/mol. The molecule has 0 saturated carbocycles. The number of alkyl halides is 2. The molecule has 1 amide bonds. The van der Waals surface area contributed by atoms with Crippen LogP contribution in [0.2, 0.25) is 0 Å². The molecule has 0 N–H and O–H groups in total. The van der Waals surface area contributed by atoms with E-state index in [4.69, 9.17) is 0 Å². The van der Waals surface area contributed by atoms with Crippen LogP contribution in [0.5, 0.6) is 5.75 Å². The van der Waals surface area contributed by atoms with Gasteiger partial charge in [-0.1, -0.05) is 29.8 Å². The van der Waals surface area contributed by atoms with E-state index in [2.05, 4.69) is 4.74 Å². The summed E-state index contributed by atoms with van der Waals surface area (Å²) in [6.07, 6.45) is 3.51. The van der Waals surface area contributed by atoms with Gasteiger partial charge in [-0.3, -0.25) is 4.79 Å². The molecule has 0 bridgehead atoms. The Bertz CT molecular complexity index is 1020. The van der Waals surface area contributed by atoms with Crippen molar-refractivity contribution in [1.29, 1.82) is 0 Å². The molecule has 0 aliphatic carbocycles. The Morgan fingerprint density at radius 3 is 2.32 bits per heavy atom. The summed E-state index contributed by atoms with van der Waals surface area (Å²) < 4.78 is 55.9. The number of carbonyl (C=O) groups excluding carboxylic acids is 1. The third-order valence-electron chi connectivity index (χ3n) is 4.95. The van der Waals surface area contributed by atoms with Gasteiger partial charge in [0.15, 0.2) is 0 Å². The van der Waals surface area contributed by atoms with E-state index < -0.39 is 16.6 Å². The van der Waals surface area contributed by atoms with E-state index in [1.54, 1.807) is 47.4 Å². The topological polar surface area (TPSA) is 66.9 Å². The fraction of sp³-hybridized carbons (Fsp3) is 0.318. The number of benzene rings is 2. The third kappa shape index (κ3) is 6.11. The molecule has 0 unspecified atom stereocenters. The molecular formula is C22H24F2N2O4S. The first-order valence-electron chi connectivity index (χ1n) is 9.84. The highest BCUT2D eigenvalue weighted by Crippen LogP contribution is 2.19. The molecule has 0 aromatic heterocycles. The van der Waals surface area contributed by atoms with Crippen molar-refractivity contribution in [1.82, 2.24) is 9.21 Å². The Morgan fingerprint density at radius 1 is 1.00 bits per heavy atom. The number of nitrogens with zero attached hydrogens (tertiary/aromatic N) is 2. The van der Waals surface area contributed by atoms with Crippen LogP contribution < -0.4 is 4.74 Å². The van der Waals surface area contributed by atoms with Gasteiger partial charge in [0.25, 0.3) is 0 Å². The maximum atomic E-state index is 12.9. The molecule has 31 heavy (non-hydrogen) atoms. The third-order valence-corrected chi connectivity index (χ3v) is 6.86. The number of carbonyl (C=O) groups is 1. The monoisotopic (exact) mass is 450 g/mol. The van der Waals surface area contributed by atoms with Crippen LogP contribution >= 0.6 is 0 Å². The lowest BCUT2D eigenvalue weighted by atomic mass is 10.2. The lowest BCUT2D eigenvalue weighted by molar-refractivity contribution is -0.125. The number of amides is 1. The van der Waals surface area contributed by atoms with Crippen molar-refractivity contribution >= 4 is 22.0 Å². The highest BCUT2D eigenvalue weighted by atomic mass is 32.2. The Labute approximate surface area is 180 Å². The smallest absolute Gasteiger partial charge is 0.387 e. The van der Waals surface area contributed by atoms with Crippen LogP contribution in [0.3, 0.4) is 0 Å². The molecule has 1 aliphatic heterocycles. The van der Waals surface area contributed by atoms with Crippen molar-refractivity contribution in [3.63, 3.8) is 0 Å². The van der Waals surface area contributed by atoms with E-state index in [1.165, 1.54) is 22.5 Å². The Morgan fingerprint density at radius 2 is 1.68 bits per heavy atom. The van der Waals surface area contributed by atoms with E-state index in [0.29, 0.717) is 25.1 Å². The largest absolute Gasteiger partial charge is 0.435 e. The van der Waals surface area contributed by atoms with E-state index in [9.17, 15) is 22.0 Å². The Hall–Kier alpha value is -2.78. The summed E-state index contributed by atoms with van der Waals surface area (Å²) in [5, 5.41) is 0. The second-order valence-corrected chi connectivity index (χ2v) is 9.11. The molecule has 1 fully saturated rings. The van der Waals surface area contributed by atoms with E-state index in [1.807, 2.05) is 6.92 Å². The maximum absolute atomic E-state index is 12.9. The quantitative estimate of drug-likeness (QED) is 0.632. The van der Waals surface area contributed by atoms with Crippen molar-refractivity contribution in [2.75, 3.05) is 26.2 Å². The van der Waals surface area contributed by atoms with Gasteiger partial charge in [-0.15, -0.1) is 0 Å². The fourth-order valence-corrected chi connectivity index (χ4v) is 4.72. The zero-order chi connectivity index (χ0) is 22.4. The summed E-state index contributed by atoms with van der Waals surface area (Å²) in [6.45, 7) is 0.301. The van der Waals surface area contributed by atoms with Crippen LogP contribution in [-0.2, 0) is 14.8 Å². The molecule has 6 nitrogen and oxygen atoms in total. The molecule has 0 atom stereocenters. The molecule has 0 radical (unpaired) electrons. The van der Waals surface area contributed by atoms with Gasteiger partial charge < -0.3 is 9.64 Å². The van der Waals surface area contributed by atoms with Crippen LogP contribution in [-0.4, -0.2) is 56.3 Å². The standard InChI is InChI=1S/C22H24F2N2O4S/c1-17-3-10-20(11-4-17)31(28,29)26-14-2-13-25(15-16-26)21(27)12-7-18-5-8-19(9-6-18)30-22(23)24/h3-12,22H,2,13-16H2,1H3. The first kappa shape index (κ1) is 22.9. The first-order chi connectivity index (χ1) is 14.8. The van der Waals surface area contributed by atoms with Gasteiger partial charge in [-0.05, 0) is 49.2 Å². The van der Waals surface area contributed by atoms with Crippen LogP contribution in [0.25, 0.3) is 6.08 Å². The van der Waals surface area contributed by atoms with E-state index >= 15 is 0 Å². The van der Waals surface area contributed by atoms with Crippen molar-refractivity contribution in [3.8, 4) is 5.75 Å². The average molecular weight is 451 g/mol. The Balaban J connectivity index is 1.60. The molecule has 3 rings (SSSR count). The molecule has 1 aliphatic rings. The summed E-state index contributed by atoms with van der Waals surface area (Å²) in [5.41, 5.74) is 1.64. The second kappa shape index (κ2) is 10.0. The predicted octanol–water partition coefficient (Wildman–Crippen LogP) is 3.53. The van der Waals surface area contributed by atoms with E-state index in [0.717, 1.165) is 5.56 Å². The number of sulfonamides is 1. The minimum absolute atomic E-state index is 0.0425. The lowest BCUT2D eigenvalue weighted by Gasteiger charge is -2.21. The van der Waals surface area contributed by atoms with Crippen molar-refractivity contribution in [3.05, 3.63) is 65.7 Å². The van der Waals surface area contributed by atoms with Gasteiger partial charge in [-0.25, -0.2) is 8.42 Å². The zero-order valence-electron chi connectivity index (χ0n) is 17.1. The van der Waals surface area contributed by atoms with Crippen molar-refractivity contribution in [2.45, 2.75) is 24.9 Å². The van der Waals surface area contributed by atoms with Gasteiger partial charge in [0.1, 0.15) is 5.75 Å². The number of hydrogen-bond donors (Lipinski definition) is 0. The summed E-state index contributed by atoms with van der Waals surface area (Å²) in [6, 6.07) is 12.7. The van der Waals surface area contributed by atoms with Crippen LogP contribution in [0.1, 0.15) is 17.5 Å². The van der Waals surface area contributed by atoms with Crippen LogP contribution in [0.15, 0.2) is 59.5 Å².